The third kappa shape index (κ3) is 5.25. The average molecular weight is 470 g/mol. The third-order valence-electron chi connectivity index (χ3n) is 4.46. The van der Waals surface area contributed by atoms with Crippen molar-refractivity contribution in [3.63, 3.8) is 0 Å². The second-order valence-corrected chi connectivity index (χ2v) is 8.69. The molecule has 0 radical (unpaired) electrons. The number of aromatic nitrogens is 5. The monoisotopic (exact) mass is 470 g/mol. The van der Waals surface area contributed by atoms with Crippen LogP contribution in [0.1, 0.15) is 18.1 Å². The zero-order valence-corrected chi connectivity index (χ0v) is 18.2. The standard InChI is InChI=1S/C18H21F3N8O2S/c1-4-29-14(7-9-25-29)26-17-24-11-13(18(19,20)21)15(27-17)23-10-12-6-5-8-22-16(12)28(2)32(3,30)31/h5-9,11H,4,10H2,1-3H3,(H2,23,24,26,27). The van der Waals surface area contributed by atoms with E-state index in [-0.39, 0.29) is 18.3 Å². The molecule has 2 N–H and O–H groups in total. The first-order valence-corrected chi connectivity index (χ1v) is 11.2. The van der Waals surface area contributed by atoms with Crippen LogP contribution in [-0.2, 0) is 29.3 Å². The molecule has 0 saturated carbocycles. The minimum absolute atomic E-state index is 0.0598. The van der Waals surface area contributed by atoms with Crippen molar-refractivity contribution in [2.75, 3.05) is 28.2 Å². The molecule has 14 heteroatoms. The molecule has 10 nitrogen and oxygen atoms in total. The fourth-order valence-electron chi connectivity index (χ4n) is 2.78. The van der Waals surface area contributed by atoms with Gasteiger partial charge in [-0.15, -0.1) is 0 Å². The van der Waals surface area contributed by atoms with Crippen LogP contribution in [0.2, 0.25) is 0 Å². The number of nitrogens with zero attached hydrogens (tertiary/aromatic N) is 6. The predicted molar refractivity (Wildman–Crippen MR) is 113 cm³/mol. The Bertz CT molecular complexity index is 1200. The first kappa shape index (κ1) is 23.2. The Morgan fingerprint density at radius 2 is 1.94 bits per heavy atom. The highest BCUT2D eigenvalue weighted by Crippen LogP contribution is 2.34. The van der Waals surface area contributed by atoms with E-state index in [1.807, 2.05) is 6.92 Å². The van der Waals surface area contributed by atoms with E-state index in [1.165, 1.54) is 19.4 Å². The lowest BCUT2D eigenvalue weighted by Crippen LogP contribution is -2.27. The van der Waals surface area contributed by atoms with Crippen LogP contribution in [0.15, 0.2) is 36.8 Å². The van der Waals surface area contributed by atoms with Crippen LogP contribution in [0.4, 0.5) is 36.6 Å². The lowest BCUT2D eigenvalue weighted by Gasteiger charge is -2.20. The fraction of sp³-hybridized carbons (Fsp3) is 0.333. The topological polar surface area (TPSA) is 118 Å². The molecule has 0 bridgehead atoms. The Hall–Kier alpha value is -3.42. The Labute approximate surface area is 182 Å². The van der Waals surface area contributed by atoms with Gasteiger partial charge >= 0.3 is 6.18 Å². The van der Waals surface area contributed by atoms with Gasteiger partial charge in [-0.2, -0.15) is 23.3 Å². The van der Waals surface area contributed by atoms with Gasteiger partial charge in [-0.3, -0.25) is 4.31 Å². The summed E-state index contributed by atoms with van der Waals surface area (Å²) in [7, 11) is -2.30. The second-order valence-electron chi connectivity index (χ2n) is 6.68. The molecule has 0 aromatic carbocycles. The summed E-state index contributed by atoms with van der Waals surface area (Å²) in [6.07, 6.45) is -0.0863. The lowest BCUT2D eigenvalue weighted by atomic mass is 10.2. The van der Waals surface area contributed by atoms with Gasteiger partial charge in [-0.25, -0.2) is 23.1 Å². The number of nitrogens with one attached hydrogen (secondary N) is 2. The summed E-state index contributed by atoms with van der Waals surface area (Å²) in [5.41, 5.74) is -0.695. The maximum absolute atomic E-state index is 13.5. The zero-order valence-electron chi connectivity index (χ0n) is 17.4. The summed E-state index contributed by atoms with van der Waals surface area (Å²) >= 11 is 0. The fourth-order valence-corrected chi connectivity index (χ4v) is 3.26. The molecule has 0 amide bonds. The molecule has 3 rings (SSSR count). The van der Waals surface area contributed by atoms with E-state index in [1.54, 1.807) is 22.9 Å². The average Bonchev–Trinajstić information content (AvgIpc) is 3.17. The third-order valence-corrected chi connectivity index (χ3v) is 5.63. The molecule has 0 spiro atoms. The SMILES string of the molecule is CCn1nccc1Nc1ncc(C(F)(F)F)c(NCc2cccnc2N(C)S(C)(=O)=O)n1. The number of alkyl halides is 3. The van der Waals surface area contributed by atoms with Crippen LogP contribution in [0.3, 0.4) is 0 Å². The van der Waals surface area contributed by atoms with Crippen molar-refractivity contribution in [3.05, 3.63) is 47.9 Å². The lowest BCUT2D eigenvalue weighted by molar-refractivity contribution is -0.137. The van der Waals surface area contributed by atoms with Gasteiger partial charge in [0.1, 0.15) is 23.0 Å². The molecule has 3 heterocycles. The smallest absolute Gasteiger partial charge is 0.365 e. The van der Waals surface area contributed by atoms with Gasteiger partial charge in [-0.1, -0.05) is 6.07 Å². The van der Waals surface area contributed by atoms with Crippen LogP contribution in [0, 0.1) is 0 Å². The molecule has 0 atom stereocenters. The number of hydrogen-bond acceptors (Lipinski definition) is 8. The van der Waals surface area contributed by atoms with Gasteiger partial charge in [0.05, 0.1) is 12.5 Å². The highest BCUT2D eigenvalue weighted by Gasteiger charge is 2.35. The largest absolute Gasteiger partial charge is 0.421 e. The Morgan fingerprint density at radius 3 is 2.59 bits per heavy atom. The normalized spacial score (nSPS) is 11.9. The number of aryl methyl sites for hydroxylation is 1. The summed E-state index contributed by atoms with van der Waals surface area (Å²) in [5, 5.41) is 9.55. The van der Waals surface area contributed by atoms with Gasteiger partial charge in [0.25, 0.3) is 0 Å². The van der Waals surface area contributed by atoms with Gasteiger partial charge in [-0.05, 0) is 13.0 Å². The molecule has 0 aliphatic carbocycles. The molecule has 0 aliphatic rings. The van der Waals surface area contributed by atoms with Crippen molar-refractivity contribution in [3.8, 4) is 0 Å². The van der Waals surface area contributed by atoms with Crippen molar-refractivity contribution in [1.29, 1.82) is 0 Å². The summed E-state index contributed by atoms with van der Waals surface area (Å²) in [6.45, 7) is 2.24. The number of hydrogen-bond donors (Lipinski definition) is 2. The van der Waals surface area contributed by atoms with Crippen LogP contribution in [0.25, 0.3) is 0 Å². The van der Waals surface area contributed by atoms with Crippen molar-refractivity contribution in [2.45, 2.75) is 26.2 Å². The van der Waals surface area contributed by atoms with Crippen molar-refractivity contribution in [1.82, 2.24) is 24.7 Å². The first-order valence-electron chi connectivity index (χ1n) is 9.35. The van der Waals surface area contributed by atoms with Crippen LogP contribution < -0.4 is 14.9 Å². The predicted octanol–water partition coefficient (Wildman–Crippen LogP) is 2.86. The van der Waals surface area contributed by atoms with Gasteiger partial charge in [0, 0.05) is 44.2 Å². The Morgan fingerprint density at radius 1 is 1.19 bits per heavy atom. The number of sulfonamides is 1. The molecular formula is C18H21F3N8O2S. The minimum atomic E-state index is -4.70. The summed E-state index contributed by atoms with van der Waals surface area (Å²) < 4.78 is 66.8. The van der Waals surface area contributed by atoms with E-state index < -0.39 is 27.6 Å². The molecule has 3 aromatic rings. The Balaban J connectivity index is 1.92. The quantitative estimate of drug-likeness (QED) is 0.516. The van der Waals surface area contributed by atoms with Gasteiger partial charge in [0.15, 0.2) is 0 Å². The van der Waals surface area contributed by atoms with Gasteiger partial charge < -0.3 is 10.6 Å². The van der Waals surface area contributed by atoms with Crippen LogP contribution in [0.5, 0.6) is 0 Å². The molecule has 0 unspecified atom stereocenters. The van der Waals surface area contributed by atoms with E-state index in [0.717, 1.165) is 10.6 Å². The minimum Gasteiger partial charge on any atom is -0.365 e. The van der Waals surface area contributed by atoms with E-state index in [9.17, 15) is 21.6 Å². The summed E-state index contributed by atoms with van der Waals surface area (Å²) in [4.78, 5) is 11.8. The Kier molecular flexibility index (Phi) is 6.52. The molecule has 0 aliphatic heterocycles. The number of halogens is 3. The van der Waals surface area contributed by atoms with Crippen molar-refractivity contribution in [2.24, 2.45) is 0 Å². The number of rotatable bonds is 8. The molecular weight excluding hydrogens is 449 g/mol. The molecule has 0 saturated heterocycles. The second kappa shape index (κ2) is 8.98. The van der Waals surface area contributed by atoms with E-state index in [4.69, 9.17) is 0 Å². The highest BCUT2D eigenvalue weighted by molar-refractivity contribution is 7.92. The first-order chi connectivity index (χ1) is 15.0. The molecule has 3 aromatic heterocycles. The maximum Gasteiger partial charge on any atom is 0.421 e. The highest BCUT2D eigenvalue weighted by atomic mass is 32.2. The maximum atomic E-state index is 13.5. The van der Waals surface area contributed by atoms with Crippen molar-refractivity contribution >= 4 is 33.4 Å². The molecule has 0 fully saturated rings. The molecule has 32 heavy (non-hydrogen) atoms. The molecule has 172 valence electrons. The summed E-state index contributed by atoms with van der Waals surface area (Å²) in [5.74, 6) is 0.0857. The summed E-state index contributed by atoms with van der Waals surface area (Å²) in [6, 6.07) is 4.76. The number of anilines is 4. The van der Waals surface area contributed by atoms with E-state index in [0.29, 0.717) is 24.1 Å². The van der Waals surface area contributed by atoms with E-state index >= 15 is 0 Å². The van der Waals surface area contributed by atoms with E-state index in [2.05, 4.69) is 30.7 Å². The van der Waals surface area contributed by atoms with Crippen molar-refractivity contribution < 1.29 is 21.6 Å². The van der Waals surface area contributed by atoms with Crippen LogP contribution in [-0.4, -0.2) is 46.5 Å². The number of pyridine rings is 1. The van der Waals surface area contributed by atoms with Gasteiger partial charge in [0.2, 0.25) is 16.0 Å². The zero-order chi connectivity index (χ0) is 23.5. The van der Waals surface area contributed by atoms with Crippen LogP contribution >= 0.6 is 0 Å².